The maximum Gasteiger partial charge on any atom is 0.305 e. The molecule has 0 bridgehead atoms. The summed E-state index contributed by atoms with van der Waals surface area (Å²) in [6, 6.07) is 8.13. The number of hydrogen-bond donors (Lipinski definition) is 2. The Morgan fingerprint density at radius 2 is 1.05 bits per heavy atom. The highest BCUT2D eigenvalue weighted by atomic mass is 16.5. The zero-order chi connectivity index (χ0) is 28.0. The van der Waals surface area contributed by atoms with Gasteiger partial charge in [0.2, 0.25) is 0 Å². The molecule has 0 atom stereocenters. The quantitative estimate of drug-likeness (QED) is 0.313. The molecule has 0 aliphatic heterocycles. The molecule has 204 valence electrons. The molecule has 0 fully saturated rings. The van der Waals surface area contributed by atoms with Gasteiger partial charge in [0, 0.05) is 24.0 Å². The Hall–Kier alpha value is -3.02. The highest BCUT2D eigenvalue weighted by Gasteiger charge is 2.27. The van der Waals surface area contributed by atoms with E-state index in [0.717, 1.165) is 46.2 Å². The number of esters is 2. The molecule has 0 heterocycles. The zero-order valence-electron chi connectivity index (χ0n) is 23.8. The lowest BCUT2D eigenvalue weighted by Crippen LogP contribution is -2.19. The number of ether oxygens (including phenoxy) is 2. The van der Waals surface area contributed by atoms with Crippen molar-refractivity contribution in [2.24, 2.45) is 0 Å². The Morgan fingerprint density at radius 1 is 0.703 bits per heavy atom. The van der Waals surface area contributed by atoms with Gasteiger partial charge in [0.1, 0.15) is 11.5 Å². The van der Waals surface area contributed by atoms with Crippen LogP contribution in [0.1, 0.15) is 99.6 Å². The first-order chi connectivity index (χ1) is 17.2. The molecule has 2 aromatic rings. The number of aryl methyl sites for hydroxylation is 2. The van der Waals surface area contributed by atoms with Gasteiger partial charge < -0.3 is 19.7 Å². The molecular weight excluding hydrogens is 468 g/mol. The van der Waals surface area contributed by atoms with E-state index in [9.17, 15) is 19.8 Å². The fourth-order valence-electron chi connectivity index (χ4n) is 5.00. The molecule has 0 saturated carbocycles. The first-order valence-electron chi connectivity index (χ1n) is 13.0. The Morgan fingerprint density at radius 3 is 1.38 bits per heavy atom. The lowest BCUT2D eigenvalue weighted by Gasteiger charge is -2.28. The number of rotatable bonds is 12. The summed E-state index contributed by atoms with van der Waals surface area (Å²) in [7, 11) is 2.79. The number of carbonyl (C=O) groups is 2. The Labute approximate surface area is 222 Å². The van der Waals surface area contributed by atoms with Crippen LogP contribution in [0.25, 0.3) is 0 Å². The highest BCUT2D eigenvalue weighted by molar-refractivity contribution is 5.69. The zero-order valence-corrected chi connectivity index (χ0v) is 23.8. The summed E-state index contributed by atoms with van der Waals surface area (Å²) < 4.78 is 9.52. The first kappa shape index (κ1) is 30.2. The molecule has 0 unspecified atom stereocenters. The maximum absolute atomic E-state index is 11.6. The molecule has 0 aromatic heterocycles. The largest absolute Gasteiger partial charge is 0.507 e. The van der Waals surface area contributed by atoms with Crippen molar-refractivity contribution in [3.63, 3.8) is 0 Å². The van der Waals surface area contributed by atoms with Gasteiger partial charge in [-0.15, -0.1) is 0 Å². The summed E-state index contributed by atoms with van der Waals surface area (Å²) in [6.07, 6.45) is 4.18. The minimum Gasteiger partial charge on any atom is -0.507 e. The first-order valence-corrected chi connectivity index (χ1v) is 13.0. The van der Waals surface area contributed by atoms with Crippen LogP contribution in [0.2, 0.25) is 0 Å². The van der Waals surface area contributed by atoms with Gasteiger partial charge in [0.25, 0.3) is 0 Å². The minimum atomic E-state index is -0.323. The number of hydrogen-bond acceptors (Lipinski definition) is 6. The lowest BCUT2D eigenvalue weighted by molar-refractivity contribution is -0.141. The van der Waals surface area contributed by atoms with Crippen LogP contribution < -0.4 is 0 Å². The van der Waals surface area contributed by atoms with Gasteiger partial charge in [-0.3, -0.25) is 9.59 Å². The van der Waals surface area contributed by atoms with Gasteiger partial charge in [-0.1, -0.05) is 52.0 Å². The molecule has 37 heavy (non-hydrogen) atoms. The summed E-state index contributed by atoms with van der Waals surface area (Å²) in [6.45, 7) is 12.2. The third-order valence-electron chi connectivity index (χ3n) is 7.41. The summed E-state index contributed by atoms with van der Waals surface area (Å²) in [5.41, 5.74) is 4.86. The van der Waals surface area contributed by atoms with Crippen LogP contribution in [-0.4, -0.2) is 36.4 Å². The maximum atomic E-state index is 11.6. The van der Waals surface area contributed by atoms with E-state index in [0.29, 0.717) is 43.6 Å². The van der Waals surface area contributed by atoms with Crippen molar-refractivity contribution < 1.29 is 29.3 Å². The van der Waals surface area contributed by atoms with Crippen LogP contribution in [0, 0.1) is 13.8 Å². The van der Waals surface area contributed by atoms with E-state index in [1.54, 1.807) is 0 Å². The summed E-state index contributed by atoms with van der Waals surface area (Å²) in [4.78, 5) is 23.1. The molecule has 2 rings (SSSR count). The predicted octanol–water partition coefficient (Wildman–Crippen LogP) is 6.55. The van der Waals surface area contributed by atoms with E-state index in [-0.39, 0.29) is 22.8 Å². The number of benzene rings is 2. The van der Waals surface area contributed by atoms with E-state index in [1.807, 2.05) is 26.0 Å². The van der Waals surface area contributed by atoms with Crippen molar-refractivity contribution >= 4 is 11.9 Å². The Kier molecular flexibility index (Phi) is 10.2. The molecular formula is C31H44O6. The topological polar surface area (TPSA) is 93.1 Å². The van der Waals surface area contributed by atoms with Crippen molar-refractivity contribution in [1.82, 2.24) is 0 Å². The van der Waals surface area contributed by atoms with Crippen LogP contribution in [0.3, 0.4) is 0 Å². The number of carbonyl (C=O) groups excluding carboxylic acids is 2. The van der Waals surface area contributed by atoms with Gasteiger partial charge in [0.05, 0.1) is 14.2 Å². The second-order valence-electron chi connectivity index (χ2n) is 11.4. The Bertz CT molecular complexity index is 1030. The highest BCUT2D eigenvalue weighted by Crippen LogP contribution is 2.40. The standard InChI is InChI=1S/C31H44O6/c1-20-15-22(18-24(28(20)34)30(3,4)13-9-11-26(32)36-7)17-23-16-21(2)29(35)25(19-23)31(5,6)14-10-12-27(33)37-8/h15-16,18-19,34-35H,9-14,17H2,1-8H3. The van der Waals surface area contributed by atoms with Gasteiger partial charge >= 0.3 is 11.9 Å². The molecule has 0 radical (unpaired) electrons. The molecule has 0 aliphatic carbocycles. The average molecular weight is 513 g/mol. The second-order valence-corrected chi connectivity index (χ2v) is 11.4. The number of phenols is 2. The van der Waals surface area contributed by atoms with E-state index in [2.05, 4.69) is 39.8 Å². The van der Waals surface area contributed by atoms with E-state index >= 15 is 0 Å². The van der Waals surface area contributed by atoms with Crippen molar-refractivity contribution in [2.75, 3.05) is 14.2 Å². The monoisotopic (exact) mass is 512 g/mol. The van der Waals surface area contributed by atoms with E-state index in [4.69, 9.17) is 9.47 Å². The van der Waals surface area contributed by atoms with Crippen LogP contribution in [0.4, 0.5) is 0 Å². The summed E-state index contributed by atoms with van der Waals surface area (Å²) in [5, 5.41) is 21.8. The molecule has 6 nitrogen and oxygen atoms in total. The van der Waals surface area contributed by atoms with Crippen LogP contribution in [0.5, 0.6) is 11.5 Å². The molecule has 2 N–H and O–H groups in total. The molecule has 0 spiro atoms. The van der Waals surface area contributed by atoms with Crippen LogP contribution >= 0.6 is 0 Å². The number of methoxy groups -OCH3 is 2. The van der Waals surface area contributed by atoms with Crippen LogP contribution in [-0.2, 0) is 36.3 Å². The van der Waals surface area contributed by atoms with Crippen LogP contribution in [0.15, 0.2) is 24.3 Å². The van der Waals surface area contributed by atoms with Crippen molar-refractivity contribution in [2.45, 2.75) is 97.3 Å². The van der Waals surface area contributed by atoms with E-state index < -0.39 is 0 Å². The second kappa shape index (κ2) is 12.5. The summed E-state index contributed by atoms with van der Waals surface area (Å²) >= 11 is 0. The average Bonchev–Trinajstić information content (AvgIpc) is 2.82. The third kappa shape index (κ3) is 7.98. The molecule has 0 aliphatic rings. The fraction of sp³-hybridized carbons (Fsp3) is 0.548. The van der Waals surface area contributed by atoms with Gasteiger partial charge in [-0.2, -0.15) is 0 Å². The molecule has 0 amide bonds. The van der Waals surface area contributed by atoms with Gasteiger partial charge in [-0.25, -0.2) is 0 Å². The van der Waals surface area contributed by atoms with Crippen molar-refractivity contribution in [3.8, 4) is 11.5 Å². The van der Waals surface area contributed by atoms with Gasteiger partial charge in [0.15, 0.2) is 0 Å². The molecule has 6 heteroatoms. The van der Waals surface area contributed by atoms with Crippen molar-refractivity contribution in [1.29, 1.82) is 0 Å². The smallest absolute Gasteiger partial charge is 0.305 e. The molecule has 0 saturated heterocycles. The summed E-state index contributed by atoms with van der Waals surface area (Å²) in [5.74, 6) is 0.135. The predicted molar refractivity (Wildman–Crippen MR) is 146 cm³/mol. The number of aromatic hydroxyl groups is 2. The van der Waals surface area contributed by atoms with E-state index in [1.165, 1.54) is 14.2 Å². The SMILES string of the molecule is COC(=O)CCCC(C)(C)c1cc(Cc2cc(C)c(O)c(C(C)(C)CCCC(=O)OC)c2)cc(C)c1O. The fourth-order valence-corrected chi connectivity index (χ4v) is 5.00. The van der Waals surface area contributed by atoms with Crippen molar-refractivity contribution in [3.05, 3.63) is 57.6 Å². The third-order valence-corrected chi connectivity index (χ3v) is 7.41. The normalized spacial score (nSPS) is 11.9. The van der Waals surface area contributed by atoms with Gasteiger partial charge in [-0.05, 0) is 79.0 Å². The molecule has 2 aromatic carbocycles. The minimum absolute atomic E-state index is 0.225. The Balaban J connectivity index is 2.33. The number of phenolic OH excluding ortho intramolecular Hbond substituents is 2. The lowest BCUT2D eigenvalue weighted by atomic mass is 9.77.